The Morgan fingerprint density at radius 2 is 1.96 bits per heavy atom. The van der Waals surface area contributed by atoms with Crippen LogP contribution in [0.3, 0.4) is 0 Å². The van der Waals surface area contributed by atoms with Gasteiger partial charge in [-0.25, -0.2) is 13.8 Å². The van der Waals surface area contributed by atoms with Crippen LogP contribution in [0.15, 0.2) is 47.1 Å². The third-order valence-corrected chi connectivity index (χ3v) is 4.57. The Labute approximate surface area is 154 Å². The van der Waals surface area contributed by atoms with E-state index in [1.54, 1.807) is 11.1 Å². The number of nitrogens with zero attached hydrogens (tertiary/aromatic N) is 3. The Morgan fingerprint density at radius 1 is 1.15 bits per heavy atom. The Bertz CT molecular complexity index is 967. The number of carbonyl (C=O) groups is 1. The molecule has 138 valence electrons. The number of hydrogen-bond acceptors (Lipinski definition) is 4. The Kier molecular flexibility index (Phi) is 4.66. The SMILES string of the molecule is O=C(CCc1ncc(-c2c(F)cccc2F)o1)N1CCCc2ncccc21. The fraction of sp³-hybridized carbons (Fsp3) is 0.250. The van der Waals surface area contributed by atoms with Crippen LogP contribution in [0.1, 0.15) is 24.4 Å². The number of amides is 1. The number of oxazole rings is 1. The number of anilines is 1. The summed E-state index contributed by atoms with van der Waals surface area (Å²) in [5, 5.41) is 0. The van der Waals surface area contributed by atoms with E-state index in [1.807, 2.05) is 12.1 Å². The second kappa shape index (κ2) is 7.26. The molecule has 0 spiro atoms. The van der Waals surface area contributed by atoms with Crippen molar-refractivity contribution in [2.45, 2.75) is 25.7 Å². The number of halogens is 2. The molecule has 1 aliphatic heterocycles. The highest BCUT2D eigenvalue weighted by molar-refractivity contribution is 5.94. The predicted octanol–water partition coefficient (Wildman–Crippen LogP) is 3.93. The molecule has 2 aromatic heterocycles. The van der Waals surface area contributed by atoms with Crippen LogP contribution >= 0.6 is 0 Å². The van der Waals surface area contributed by atoms with Crippen LogP contribution in [-0.4, -0.2) is 22.4 Å². The van der Waals surface area contributed by atoms with Gasteiger partial charge in [0.15, 0.2) is 11.7 Å². The topological polar surface area (TPSA) is 59.2 Å². The lowest BCUT2D eigenvalue weighted by Gasteiger charge is -2.28. The van der Waals surface area contributed by atoms with Crippen molar-refractivity contribution in [1.82, 2.24) is 9.97 Å². The van der Waals surface area contributed by atoms with Gasteiger partial charge in [0.1, 0.15) is 11.6 Å². The first-order valence-electron chi connectivity index (χ1n) is 8.77. The summed E-state index contributed by atoms with van der Waals surface area (Å²) in [7, 11) is 0. The standard InChI is InChI=1S/C20H17F2N3O2/c21-13-4-1-5-14(22)20(13)17-12-24-18(27-17)8-9-19(26)25-11-3-6-15-16(25)7-2-10-23-15/h1-2,4-5,7,10,12H,3,6,8-9,11H2. The molecule has 0 aliphatic carbocycles. The zero-order chi connectivity index (χ0) is 18.8. The molecule has 27 heavy (non-hydrogen) atoms. The van der Waals surface area contributed by atoms with Crippen LogP contribution in [0.4, 0.5) is 14.5 Å². The van der Waals surface area contributed by atoms with Crippen molar-refractivity contribution in [3.63, 3.8) is 0 Å². The van der Waals surface area contributed by atoms with Gasteiger partial charge in [0.05, 0.1) is 23.1 Å². The van der Waals surface area contributed by atoms with Crippen molar-refractivity contribution < 1.29 is 18.0 Å². The summed E-state index contributed by atoms with van der Waals surface area (Å²) in [6, 6.07) is 7.31. The van der Waals surface area contributed by atoms with Crippen molar-refractivity contribution in [3.8, 4) is 11.3 Å². The first-order valence-corrected chi connectivity index (χ1v) is 8.77. The van der Waals surface area contributed by atoms with Crippen LogP contribution in [0, 0.1) is 11.6 Å². The molecule has 0 saturated heterocycles. The highest BCUT2D eigenvalue weighted by Gasteiger charge is 2.23. The zero-order valence-corrected chi connectivity index (χ0v) is 14.5. The van der Waals surface area contributed by atoms with Crippen molar-refractivity contribution in [1.29, 1.82) is 0 Å². The Balaban J connectivity index is 1.46. The average Bonchev–Trinajstić information content (AvgIpc) is 3.14. The molecule has 0 bridgehead atoms. The number of rotatable bonds is 4. The van der Waals surface area contributed by atoms with E-state index < -0.39 is 11.6 Å². The highest BCUT2D eigenvalue weighted by atomic mass is 19.1. The summed E-state index contributed by atoms with van der Waals surface area (Å²) >= 11 is 0. The summed E-state index contributed by atoms with van der Waals surface area (Å²) < 4.78 is 33.2. The molecule has 0 N–H and O–H groups in total. The third-order valence-electron chi connectivity index (χ3n) is 4.57. The lowest BCUT2D eigenvalue weighted by molar-refractivity contribution is -0.118. The van der Waals surface area contributed by atoms with Gasteiger partial charge in [-0.3, -0.25) is 9.78 Å². The summed E-state index contributed by atoms with van der Waals surface area (Å²) in [5.74, 6) is -1.21. The smallest absolute Gasteiger partial charge is 0.227 e. The van der Waals surface area contributed by atoms with Crippen molar-refractivity contribution in [2.24, 2.45) is 0 Å². The molecule has 1 aromatic carbocycles. The number of aromatic nitrogens is 2. The fourth-order valence-electron chi connectivity index (χ4n) is 3.28. The van der Waals surface area contributed by atoms with E-state index in [1.165, 1.54) is 12.3 Å². The average molecular weight is 369 g/mol. The summed E-state index contributed by atoms with van der Waals surface area (Å²) in [6.45, 7) is 0.648. The van der Waals surface area contributed by atoms with Gasteiger partial charge in [0, 0.05) is 25.6 Å². The minimum Gasteiger partial charge on any atom is -0.441 e. The molecule has 4 rings (SSSR count). The Morgan fingerprint density at radius 3 is 2.78 bits per heavy atom. The molecule has 5 nitrogen and oxygen atoms in total. The van der Waals surface area contributed by atoms with E-state index in [4.69, 9.17) is 4.42 Å². The maximum Gasteiger partial charge on any atom is 0.227 e. The molecule has 0 saturated carbocycles. The third kappa shape index (κ3) is 3.45. The Hall–Kier alpha value is -3.09. The molecule has 0 radical (unpaired) electrons. The molecule has 0 fully saturated rings. The van der Waals surface area contributed by atoms with Gasteiger partial charge in [-0.15, -0.1) is 0 Å². The summed E-state index contributed by atoms with van der Waals surface area (Å²) in [6.07, 6.45) is 5.17. The number of carbonyl (C=O) groups excluding carboxylic acids is 1. The number of benzene rings is 1. The minimum atomic E-state index is -0.716. The fourth-order valence-corrected chi connectivity index (χ4v) is 3.28. The largest absolute Gasteiger partial charge is 0.441 e. The van der Waals surface area contributed by atoms with Crippen molar-refractivity contribution in [2.75, 3.05) is 11.4 Å². The van der Waals surface area contributed by atoms with Crippen molar-refractivity contribution in [3.05, 3.63) is 65.9 Å². The second-order valence-electron chi connectivity index (χ2n) is 6.33. The first-order chi connectivity index (χ1) is 13.1. The normalized spacial score (nSPS) is 13.5. The molecular weight excluding hydrogens is 352 g/mol. The van der Waals surface area contributed by atoms with E-state index in [9.17, 15) is 13.6 Å². The van der Waals surface area contributed by atoms with Crippen LogP contribution in [-0.2, 0) is 17.6 Å². The molecule has 0 unspecified atom stereocenters. The zero-order valence-electron chi connectivity index (χ0n) is 14.5. The lowest BCUT2D eigenvalue weighted by Crippen LogP contribution is -2.35. The first kappa shape index (κ1) is 17.3. The van der Waals surface area contributed by atoms with Gasteiger partial charge in [0.2, 0.25) is 5.91 Å². The van der Waals surface area contributed by atoms with E-state index in [2.05, 4.69) is 9.97 Å². The van der Waals surface area contributed by atoms with E-state index in [0.717, 1.165) is 36.4 Å². The number of hydrogen-bond donors (Lipinski definition) is 0. The van der Waals surface area contributed by atoms with Gasteiger partial charge >= 0.3 is 0 Å². The van der Waals surface area contributed by atoms with Crippen molar-refractivity contribution >= 4 is 11.6 Å². The number of aryl methyl sites for hydroxylation is 2. The molecule has 3 heterocycles. The maximum absolute atomic E-state index is 13.8. The molecular formula is C20H17F2N3O2. The van der Waals surface area contributed by atoms with Crippen LogP contribution < -0.4 is 4.90 Å². The van der Waals surface area contributed by atoms with Gasteiger partial charge in [-0.05, 0) is 37.1 Å². The van der Waals surface area contributed by atoms with Crippen LogP contribution in [0.2, 0.25) is 0 Å². The quantitative estimate of drug-likeness (QED) is 0.699. The summed E-state index contributed by atoms with van der Waals surface area (Å²) in [4.78, 5) is 22.7. The maximum atomic E-state index is 13.8. The lowest BCUT2D eigenvalue weighted by atomic mass is 10.1. The predicted molar refractivity (Wildman–Crippen MR) is 95.1 cm³/mol. The number of pyridine rings is 1. The molecule has 1 amide bonds. The van der Waals surface area contributed by atoms with E-state index in [-0.39, 0.29) is 36.0 Å². The van der Waals surface area contributed by atoms with Gasteiger partial charge < -0.3 is 9.32 Å². The second-order valence-corrected chi connectivity index (χ2v) is 6.33. The molecule has 1 aliphatic rings. The monoisotopic (exact) mass is 369 g/mol. The minimum absolute atomic E-state index is 0.0144. The van der Waals surface area contributed by atoms with E-state index in [0.29, 0.717) is 6.54 Å². The van der Waals surface area contributed by atoms with Crippen LogP contribution in [0.5, 0.6) is 0 Å². The molecule has 7 heteroatoms. The van der Waals surface area contributed by atoms with Gasteiger partial charge in [0.25, 0.3) is 0 Å². The molecule has 0 atom stereocenters. The van der Waals surface area contributed by atoms with Gasteiger partial charge in [-0.1, -0.05) is 6.07 Å². The molecule has 3 aromatic rings. The van der Waals surface area contributed by atoms with Crippen LogP contribution in [0.25, 0.3) is 11.3 Å². The van der Waals surface area contributed by atoms with Gasteiger partial charge in [-0.2, -0.15) is 0 Å². The number of fused-ring (bicyclic) bond motifs is 1. The van der Waals surface area contributed by atoms with E-state index >= 15 is 0 Å². The summed E-state index contributed by atoms with van der Waals surface area (Å²) in [5.41, 5.74) is 1.51. The highest BCUT2D eigenvalue weighted by Crippen LogP contribution is 2.28.